The standard InChI is InChI=1S/C33H59N3O7/c34-29(37)24-23-28(33(42)43)36-32(41)27-21-19-26(20-22-27)25-35-30(38)17-15-13-11-9-7-5-3-1-2-4-6-8-10-12-14-16-18-31(39)40/h26-28H,1-25H2,(H2,34,37)(H,35,38)(H,36,41)(H,39,40)(H,42,43)/t26-,27-,28-/m0/s1. The molecule has 43 heavy (non-hydrogen) atoms. The van der Waals surface area contributed by atoms with Crippen LogP contribution in [-0.2, 0) is 24.0 Å². The summed E-state index contributed by atoms with van der Waals surface area (Å²) >= 11 is 0. The first-order valence-electron chi connectivity index (χ1n) is 17.0. The van der Waals surface area contributed by atoms with Crippen LogP contribution in [0.1, 0.15) is 154 Å². The first kappa shape index (κ1) is 38.4. The van der Waals surface area contributed by atoms with E-state index < -0.39 is 23.9 Å². The Morgan fingerprint density at radius 1 is 0.628 bits per heavy atom. The minimum Gasteiger partial charge on any atom is -0.481 e. The van der Waals surface area contributed by atoms with Crippen molar-refractivity contribution in [3.63, 3.8) is 0 Å². The summed E-state index contributed by atoms with van der Waals surface area (Å²) in [5.41, 5.74) is 5.09. The van der Waals surface area contributed by atoms with Gasteiger partial charge in [-0.25, -0.2) is 4.79 Å². The molecule has 248 valence electrons. The van der Waals surface area contributed by atoms with Gasteiger partial charge in [-0.05, 0) is 50.9 Å². The molecular weight excluding hydrogens is 550 g/mol. The number of carbonyl (C=O) groups excluding carboxylic acids is 3. The SMILES string of the molecule is NC(=O)CC[C@H](NC(=O)[C@H]1CC[C@H](CNC(=O)CCCCCCCCCCCCCCCCCCC(=O)O)CC1)C(=O)O. The van der Waals surface area contributed by atoms with E-state index >= 15 is 0 Å². The van der Waals surface area contributed by atoms with Crippen LogP contribution in [0, 0.1) is 11.8 Å². The number of aliphatic carboxylic acids is 2. The summed E-state index contributed by atoms with van der Waals surface area (Å²) in [6.07, 6.45) is 22.7. The van der Waals surface area contributed by atoms with Crippen molar-refractivity contribution < 1.29 is 34.2 Å². The van der Waals surface area contributed by atoms with Crippen LogP contribution in [0.25, 0.3) is 0 Å². The van der Waals surface area contributed by atoms with E-state index in [2.05, 4.69) is 10.6 Å². The van der Waals surface area contributed by atoms with Gasteiger partial charge in [0.15, 0.2) is 0 Å². The van der Waals surface area contributed by atoms with E-state index in [4.69, 9.17) is 10.8 Å². The zero-order valence-corrected chi connectivity index (χ0v) is 26.4. The van der Waals surface area contributed by atoms with Crippen LogP contribution in [0.2, 0.25) is 0 Å². The van der Waals surface area contributed by atoms with Gasteiger partial charge >= 0.3 is 11.9 Å². The van der Waals surface area contributed by atoms with E-state index in [-0.39, 0.29) is 30.6 Å². The lowest BCUT2D eigenvalue weighted by molar-refractivity contribution is -0.143. The summed E-state index contributed by atoms with van der Waals surface area (Å²) in [6, 6.07) is -1.11. The minimum absolute atomic E-state index is 0.0128. The monoisotopic (exact) mass is 609 g/mol. The van der Waals surface area contributed by atoms with Crippen molar-refractivity contribution >= 4 is 29.7 Å². The van der Waals surface area contributed by atoms with Gasteiger partial charge in [-0.2, -0.15) is 0 Å². The second kappa shape index (κ2) is 24.8. The molecule has 1 aliphatic rings. The Labute approximate surface area is 258 Å². The predicted molar refractivity (Wildman–Crippen MR) is 167 cm³/mol. The molecule has 1 aliphatic carbocycles. The fraction of sp³-hybridized carbons (Fsp3) is 0.848. The smallest absolute Gasteiger partial charge is 0.326 e. The molecule has 0 saturated heterocycles. The van der Waals surface area contributed by atoms with Crippen LogP contribution in [0.5, 0.6) is 0 Å². The number of nitrogens with two attached hydrogens (primary N) is 1. The molecule has 1 saturated carbocycles. The van der Waals surface area contributed by atoms with Gasteiger partial charge in [0.2, 0.25) is 17.7 Å². The average molecular weight is 610 g/mol. The fourth-order valence-corrected chi connectivity index (χ4v) is 5.85. The molecule has 0 heterocycles. The lowest BCUT2D eigenvalue weighted by Gasteiger charge is -2.28. The zero-order valence-electron chi connectivity index (χ0n) is 26.4. The molecule has 0 aliphatic heterocycles. The molecule has 10 nitrogen and oxygen atoms in total. The van der Waals surface area contributed by atoms with Crippen molar-refractivity contribution in [3.8, 4) is 0 Å². The maximum absolute atomic E-state index is 12.5. The van der Waals surface area contributed by atoms with Gasteiger partial charge in [-0.1, -0.05) is 89.9 Å². The quantitative estimate of drug-likeness (QED) is 0.0725. The number of unbranched alkanes of at least 4 members (excludes halogenated alkanes) is 15. The Balaban J connectivity index is 1.93. The molecule has 0 unspecified atom stereocenters. The van der Waals surface area contributed by atoms with Crippen LogP contribution in [0.4, 0.5) is 0 Å². The summed E-state index contributed by atoms with van der Waals surface area (Å²) in [5, 5.41) is 23.5. The number of hydrogen-bond donors (Lipinski definition) is 5. The summed E-state index contributed by atoms with van der Waals surface area (Å²) < 4.78 is 0. The number of carbonyl (C=O) groups is 5. The highest BCUT2D eigenvalue weighted by Crippen LogP contribution is 2.29. The lowest BCUT2D eigenvalue weighted by Crippen LogP contribution is -2.45. The van der Waals surface area contributed by atoms with Crippen LogP contribution in [0.15, 0.2) is 0 Å². The van der Waals surface area contributed by atoms with Crippen LogP contribution >= 0.6 is 0 Å². The third-order valence-electron chi connectivity index (χ3n) is 8.64. The molecular formula is C33H59N3O7. The first-order chi connectivity index (χ1) is 20.7. The highest BCUT2D eigenvalue weighted by Gasteiger charge is 2.29. The summed E-state index contributed by atoms with van der Waals surface area (Å²) in [7, 11) is 0. The summed E-state index contributed by atoms with van der Waals surface area (Å²) in [4.78, 5) is 57.5. The molecule has 0 spiro atoms. The Kier molecular flexibility index (Phi) is 22.1. The molecule has 0 radical (unpaired) electrons. The highest BCUT2D eigenvalue weighted by atomic mass is 16.4. The third kappa shape index (κ3) is 21.7. The minimum atomic E-state index is -1.17. The van der Waals surface area contributed by atoms with Crippen molar-refractivity contribution in [2.24, 2.45) is 17.6 Å². The molecule has 1 atom stereocenters. The Bertz CT molecular complexity index is 812. The van der Waals surface area contributed by atoms with E-state index in [9.17, 15) is 29.1 Å². The van der Waals surface area contributed by atoms with Crippen molar-refractivity contribution in [2.75, 3.05) is 6.54 Å². The molecule has 1 fully saturated rings. The molecule has 0 bridgehead atoms. The second-order valence-electron chi connectivity index (χ2n) is 12.5. The third-order valence-corrected chi connectivity index (χ3v) is 8.64. The number of amides is 3. The van der Waals surface area contributed by atoms with Gasteiger partial charge in [0.25, 0.3) is 0 Å². The van der Waals surface area contributed by atoms with Gasteiger partial charge in [0.1, 0.15) is 6.04 Å². The van der Waals surface area contributed by atoms with E-state index in [1.165, 1.54) is 70.6 Å². The average Bonchev–Trinajstić information content (AvgIpc) is 2.97. The van der Waals surface area contributed by atoms with Crippen LogP contribution in [0.3, 0.4) is 0 Å². The summed E-state index contributed by atoms with van der Waals surface area (Å²) in [6.45, 7) is 0.623. The van der Waals surface area contributed by atoms with Crippen molar-refractivity contribution in [2.45, 2.75) is 160 Å². The highest BCUT2D eigenvalue weighted by molar-refractivity contribution is 5.85. The molecule has 10 heteroatoms. The van der Waals surface area contributed by atoms with Gasteiger partial charge in [0.05, 0.1) is 0 Å². The topological polar surface area (TPSA) is 176 Å². The van der Waals surface area contributed by atoms with Crippen molar-refractivity contribution in [1.29, 1.82) is 0 Å². The number of primary amides is 1. The van der Waals surface area contributed by atoms with E-state index in [0.717, 1.165) is 44.9 Å². The molecule has 0 aromatic carbocycles. The van der Waals surface area contributed by atoms with Crippen LogP contribution in [-0.4, -0.2) is 52.5 Å². The summed E-state index contributed by atoms with van der Waals surface area (Å²) in [5.74, 6) is -2.55. The van der Waals surface area contributed by atoms with Crippen LogP contribution < -0.4 is 16.4 Å². The largest absolute Gasteiger partial charge is 0.481 e. The molecule has 6 N–H and O–H groups in total. The van der Waals surface area contributed by atoms with Gasteiger partial charge < -0.3 is 26.6 Å². The van der Waals surface area contributed by atoms with Gasteiger partial charge in [-0.3, -0.25) is 19.2 Å². The normalized spacial score (nSPS) is 17.2. The number of carboxylic acid groups (broad SMARTS) is 2. The second-order valence-corrected chi connectivity index (χ2v) is 12.5. The number of carboxylic acids is 2. The Morgan fingerprint density at radius 3 is 1.49 bits per heavy atom. The van der Waals surface area contributed by atoms with E-state index in [0.29, 0.717) is 38.1 Å². The molecule has 3 amide bonds. The Morgan fingerprint density at radius 2 is 1.07 bits per heavy atom. The van der Waals surface area contributed by atoms with Gasteiger partial charge in [0, 0.05) is 31.7 Å². The van der Waals surface area contributed by atoms with E-state index in [1.54, 1.807) is 0 Å². The molecule has 0 aromatic rings. The molecule has 0 aromatic heterocycles. The number of hydrogen-bond acceptors (Lipinski definition) is 5. The van der Waals surface area contributed by atoms with E-state index in [1.807, 2.05) is 0 Å². The molecule has 1 rings (SSSR count). The fourth-order valence-electron chi connectivity index (χ4n) is 5.85. The lowest BCUT2D eigenvalue weighted by atomic mass is 9.81. The first-order valence-corrected chi connectivity index (χ1v) is 17.0. The van der Waals surface area contributed by atoms with Gasteiger partial charge in [-0.15, -0.1) is 0 Å². The maximum atomic E-state index is 12.5. The van der Waals surface area contributed by atoms with Crippen molar-refractivity contribution in [1.82, 2.24) is 10.6 Å². The van der Waals surface area contributed by atoms with Crippen molar-refractivity contribution in [3.05, 3.63) is 0 Å². The zero-order chi connectivity index (χ0) is 31.7. The predicted octanol–water partition coefficient (Wildman–Crippen LogP) is 5.85. The Hall–Kier alpha value is -2.65. The number of rotatable bonds is 27. The number of nitrogens with one attached hydrogen (secondary N) is 2. The maximum Gasteiger partial charge on any atom is 0.326 e.